The number of benzene rings is 2. The second-order valence-electron chi connectivity index (χ2n) is 6.04. The van der Waals surface area contributed by atoms with Crippen molar-refractivity contribution in [2.75, 3.05) is 17.3 Å². The summed E-state index contributed by atoms with van der Waals surface area (Å²) >= 11 is 7.32. The molecule has 0 unspecified atom stereocenters. The van der Waals surface area contributed by atoms with Gasteiger partial charge in [-0.1, -0.05) is 12.1 Å². The van der Waals surface area contributed by atoms with Gasteiger partial charge < -0.3 is 9.64 Å². The number of carbonyl (C=O) groups is 1. The molecule has 2 aliphatic rings. The maximum Gasteiger partial charge on any atom is 0.257 e. The van der Waals surface area contributed by atoms with Crippen LogP contribution in [-0.4, -0.2) is 34.3 Å². The molecular formula is C19H17FN2O2S2. The molecule has 7 heteroatoms. The number of hydrogen-bond donors (Lipinski definition) is 0. The lowest BCUT2D eigenvalue weighted by atomic mass is 10.2. The Morgan fingerprint density at radius 2 is 1.88 bits per heavy atom. The van der Waals surface area contributed by atoms with Crippen molar-refractivity contribution in [2.45, 2.75) is 18.3 Å². The molecule has 26 heavy (non-hydrogen) atoms. The fraction of sp³-hybridized carbons (Fsp3) is 0.263. The van der Waals surface area contributed by atoms with Crippen molar-refractivity contribution in [2.24, 2.45) is 0 Å². The third-order valence-corrected chi connectivity index (χ3v) is 6.20. The summed E-state index contributed by atoms with van der Waals surface area (Å²) in [4.78, 5) is 16.4. The smallest absolute Gasteiger partial charge is 0.257 e. The van der Waals surface area contributed by atoms with Gasteiger partial charge in [0.15, 0.2) is 5.11 Å². The molecule has 2 aromatic rings. The number of hydrogen-bond acceptors (Lipinski definition) is 4. The highest BCUT2D eigenvalue weighted by molar-refractivity contribution is 7.99. The third kappa shape index (κ3) is 2.85. The van der Waals surface area contributed by atoms with E-state index in [0.29, 0.717) is 23.2 Å². The number of nitrogens with zero attached hydrogens (tertiary/aromatic N) is 2. The minimum atomic E-state index is -0.338. The number of fused-ring (bicyclic) bond motifs is 1. The Bertz CT molecular complexity index is 842. The largest absolute Gasteiger partial charge is 0.494 e. The Labute approximate surface area is 160 Å². The highest BCUT2D eigenvalue weighted by Crippen LogP contribution is 2.46. The Balaban J connectivity index is 1.61. The number of thiocarbonyl (C=S) groups is 1. The zero-order valence-corrected chi connectivity index (χ0v) is 15.7. The van der Waals surface area contributed by atoms with E-state index in [9.17, 15) is 9.18 Å². The molecule has 2 aliphatic heterocycles. The van der Waals surface area contributed by atoms with Gasteiger partial charge in [0.25, 0.3) is 5.91 Å². The van der Waals surface area contributed by atoms with E-state index in [-0.39, 0.29) is 23.1 Å². The van der Waals surface area contributed by atoms with Crippen LogP contribution >= 0.6 is 24.0 Å². The van der Waals surface area contributed by atoms with Crippen LogP contribution < -0.4 is 9.64 Å². The molecule has 2 atom stereocenters. The average molecular weight is 388 g/mol. The van der Waals surface area contributed by atoms with Gasteiger partial charge >= 0.3 is 0 Å². The standard InChI is InChI=1S/C19H17FN2O2S2/c1-2-24-15-9-3-12(4-10-15)18-22-16(11-26-18)17(23)21(19(22)25)14-7-5-13(20)6-8-14/h3-10,16,18H,2,11H2,1H3/t16-,18+/m0/s1. The van der Waals surface area contributed by atoms with Crippen molar-refractivity contribution in [1.29, 1.82) is 0 Å². The number of amides is 1. The maximum atomic E-state index is 13.2. The van der Waals surface area contributed by atoms with Gasteiger partial charge in [-0.25, -0.2) is 4.39 Å². The number of carbonyl (C=O) groups excluding carboxylic acids is 1. The number of thioether (sulfide) groups is 1. The van der Waals surface area contributed by atoms with Gasteiger partial charge in [0.1, 0.15) is 23.0 Å². The molecule has 4 nitrogen and oxygen atoms in total. The molecular weight excluding hydrogens is 371 g/mol. The SMILES string of the molecule is CCOc1ccc([C@H]2SC[C@H]3C(=O)N(c4ccc(F)cc4)C(=S)N23)cc1. The summed E-state index contributed by atoms with van der Waals surface area (Å²) in [5, 5.41) is 0.452. The van der Waals surface area contributed by atoms with Crippen LogP contribution in [0, 0.1) is 5.82 Å². The van der Waals surface area contributed by atoms with Crippen LogP contribution in [0.3, 0.4) is 0 Å². The minimum Gasteiger partial charge on any atom is -0.494 e. The van der Waals surface area contributed by atoms with Crippen LogP contribution in [0.5, 0.6) is 5.75 Å². The first kappa shape index (κ1) is 17.3. The second kappa shape index (κ2) is 6.89. The predicted molar refractivity (Wildman–Crippen MR) is 105 cm³/mol. The minimum absolute atomic E-state index is 0.0161. The van der Waals surface area contributed by atoms with E-state index < -0.39 is 0 Å². The van der Waals surface area contributed by atoms with Crippen molar-refractivity contribution in [3.05, 3.63) is 59.9 Å². The normalized spacial score (nSPS) is 22.1. The van der Waals surface area contributed by atoms with Gasteiger partial charge in [-0.15, -0.1) is 11.8 Å². The third-order valence-electron chi connectivity index (χ3n) is 4.48. The van der Waals surface area contributed by atoms with Crippen LogP contribution in [0.1, 0.15) is 17.9 Å². The quantitative estimate of drug-likeness (QED) is 0.740. The number of ether oxygens (including phenoxy) is 1. The molecule has 2 heterocycles. The van der Waals surface area contributed by atoms with Crippen LogP contribution in [0.25, 0.3) is 0 Å². The van der Waals surface area contributed by atoms with Gasteiger partial charge in [-0.2, -0.15) is 0 Å². The van der Waals surface area contributed by atoms with Gasteiger partial charge in [0.2, 0.25) is 0 Å². The fourth-order valence-electron chi connectivity index (χ4n) is 3.27. The molecule has 1 amide bonds. The van der Waals surface area contributed by atoms with Crippen LogP contribution in [0.4, 0.5) is 10.1 Å². The second-order valence-corrected chi connectivity index (χ2v) is 7.52. The highest BCUT2D eigenvalue weighted by atomic mass is 32.2. The van der Waals surface area contributed by atoms with E-state index in [1.54, 1.807) is 23.9 Å². The maximum absolute atomic E-state index is 13.2. The summed E-state index contributed by atoms with van der Waals surface area (Å²) in [6.45, 7) is 2.57. The molecule has 4 rings (SSSR count). The van der Waals surface area contributed by atoms with Crippen molar-refractivity contribution >= 4 is 40.7 Å². The topological polar surface area (TPSA) is 32.8 Å². The first-order valence-corrected chi connectivity index (χ1v) is 9.82. The molecule has 2 saturated heterocycles. The van der Waals surface area contributed by atoms with Crippen molar-refractivity contribution in [3.63, 3.8) is 0 Å². The van der Waals surface area contributed by atoms with E-state index in [2.05, 4.69) is 0 Å². The molecule has 0 N–H and O–H groups in total. The molecule has 2 fully saturated rings. The van der Waals surface area contributed by atoms with Crippen LogP contribution in [0.2, 0.25) is 0 Å². The number of rotatable bonds is 4. The Morgan fingerprint density at radius 3 is 2.54 bits per heavy atom. The number of halogens is 1. The fourth-order valence-corrected chi connectivity index (χ4v) is 5.19. The highest BCUT2D eigenvalue weighted by Gasteiger charge is 2.50. The molecule has 2 aromatic carbocycles. The van der Waals surface area contributed by atoms with Gasteiger partial charge in [0, 0.05) is 5.75 Å². The van der Waals surface area contributed by atoms with Gasteiger partial charge in [0.05, 0.1) is 12.3 Å². The van der Waals surface area contributed by atoms with Crippen LogP contribution in [-0.2, 0) is 4.79 Å². The molecule has 0 saturated carbocycles. The molecule has 0 spiro atoms. The summed E-state index contributed by atoms with van der Waals surface area (Å²) in [5.74, 6) is 1.11. The monoisotopic (exact) mass is 388 g/mol. The van der Waals surface area contributed by atoms with Crippen molar-refractivity contribution in [1.82, 2.24) is 4.90 Å². The van der Waals surface area contributed by atoms with E-state index in [0.717, 1.165) is 11.3 Å². The zero-order valence-electron chi connectivity index (χ0n) is 14.1. The molecule has 0 radical (unpaired) electrons. The lowest BCUT2D eigenvalue weighted by Gasteiger charge is -2.25. The van der Waals surface area contributed by atoms with E-state index >= 15 is 0 Å². The van der Waals surface area contributed by atoms with Crippen molar-refractivity contribution in [3.8, 4) is 5.75 Å². The Hall–Kier alpha value is -2.12. The zero-order chi connectivity index (χ0) is 18.3. The van der Waals surface area contributed by atoms with E-state index in [1.165, 1.54) is 17.0 Å². The summed E-state index contributed by atoms with van der Waals surface area (Å²) in [5.41, 5.74) is 1.68. The summed E-state index contributed by atoms with van der Waals surface area (Å²) in [6, 6.07) is 13.5. The molecule has 0 bridgehead atoms. The summed E-state index contributed by atoms with van der Waals surface area (Å²) in [7, 11) is 0. The lowest BCUT2D eigenvalue weighted by Crippen LogP contribution is -2.33. The lowest BCUT2D eigenvalue weighted by molar-refractivity contribution is -0.119. The number of anilines is 1. The summed E-state index contributed by atoms with van der Waals surface area (Å²) < 4.78 is 18.7. The van der Waals surface area contributed by atoms with E-state index in [4.69, 9.17) is 17.0 Å². The van der Waals surface area contributed by atoms with E-state index in [1.807, 2.05) is 36.1 Å². The first-order chi connectivity index (χ1) is 12.6. The molecule has 134 valence electrons. The average Bonchev–Trinajstić information content (AvgIpc) is 3.18. The Morgan fingerprint density at radius 1 is 1.19 bits per heavy atom. The summed E-state index contributed by atoms with van der Waals surface area (Å²) in [6.07, 6.45) is 0. The molecule has 0 aromatic heterocycles. The molecule has 0 aliphatic carbocycles. The van der Waals surface area contributed by atoms with Gasteiger partial charge in [-0.05, 0) is 61.1 Å². The Kier molecular flexibility index (Phi) is 4.58. The first-order valence-electron chi connectivity index (χ1n) is 8.36. The van der Waals surface area contributed by atoms with Gasteiger partial charge in [-0.3, -0.25) is 9.69 Å². The van der Waals surface area contributed by atoms with Crippen LogP contribution in [0.15, 0.2) is 48.5 Å². The van der Waals surface area contributed by atoms with Crippen molar-refractivity contribution < 1.29 is 13.9 Å². The predicted octanol–water partition coefficient (Wildman–Crippen LogP) is 3.97.